The molecule has 2 nitrogen and oxygen atoms in total. The average Bonchev–Trinajstić information content (AvgIpc) is 2.28. The fourth-order valence-electron chi connectivity index (χ4n) is 1.64. The van der Waals surface area contributed by atoms with Crippen molar-refractivity contribution in [1.29, 1.82) is 0 Å². The molecule has 86 valence electrons. The molecule has 0 radical (unpaired) electrons. The normalized spacial score (nSPS) is 10.3. The fraction of sp³-hybridized carbons (Fsp3) is 0.143. The van der Waals surface area contributed by atoms with E-state index in [9.17, 15) is 4.79 Å². The molecule has 0 aliphatic heterocycles. The van der Waals surface area contributed by atoms with Gasteiger partial charge in [0, 0.05) is 11.3 Å². The third kappa shape index (κ3) is 2.53. The second-order valence-corrected chi connectivity index (χ2v) is 4.35. The lowest BCUT2D eigenvalue weighted by molar-refractivity contribution is 0.103. The van der Waals surface area contributed by atoms with Gasteiger partial charge < -0.3 is 0 Å². The van der Waals surface area contributed by atoms with Gasteiger partial charge in [-0.2, -0.15) is 0 Å². The van der Waals surface area contributed by atoms with Crippen molar-refractivity contribution < 1.29 is 4.79 Å². The highest BCUT2D eigenvalue weighted by Gasteiger charge is 2.13. The molecular formula is C14H12ClNO. The minimum Gasteiger partial charge on any atom is -0.288 e. The molecule has 0 aliphatic rings. The van der Waals surface area contributed by atoms with Crippen LogP contribution in [0.3, 0.4) is 0 Å². The van der Waals surface area contributed by atoms with Crippen molar-refractivity contribution in [3.05, 3.63) is 63.9 Å². The predicted octanol–water partition coefficient (Wildman–Crippen LogP) is 3.58. The number of aryl methyl sites for hydroxylation is 2. The first-order chi connectivity index (χ1) is 8.08. The molecule has 2 rings (SSSR count). The monoisotopic (exact) mass is 245 g/mol. The van der Waals surface area contributed by atoms with Crippen LogP contribution in [0, 0.1) is 13.8 Å². The number of rotatable bonds is 2. The van der Waals surface area contributed by atoms with Gasteiger partial charge in [-0.15, -0.1) is 0 Å². The summed E-state index contributed by atoms with van der Waals surface area (Å²) in [7, 11) is 0. The molecule has 0 aliphatic carbocycles. The Balaban J connectivity index is 2.44. The van der Waals surface area contributed by atoms with E-state index < -0.39 is 0 Å². The molecule has 0 spiro atoms. The van der Waals surface area contributed by atoms with Crippen LogP contribution in [0.15, 0.2) is 36.4 Å². The summed E-state index contributed by atoms with van der Waals surface area (Å²) >= 11 is 5.98. The van der Waals surface area contributed by atoms with E-state index in [0.717, 1.165) is 11.3 Å². The molecule has 0 unspecified atom stereocenters. The van der Waals surface area contributed by atoms with Crippen molar-refractivity contribution >= 4 is 17.4 Å². The van der Waals surface area contributed by atoms with E-state index in [2.05, 4.69) is 4.98 Å². The Morgan fingerprint density at radius 3 is 2.59 bits per heavy atom. The van der Waals surface area contributed by atoms with Crippen LogP contribution < -0.4 is 0 Å². The third-order valence-electron chi connectivity index (χ3n) is 2.51. The molecule has 1 aromatic carbocycles. The summed E-state index contributed by atoms with van der Waals surface area (Å²) in [5.74, 6) is -0.0915. The highest BCUT2D eigenvalue weighted by molar-refractivity contribution is 6.33. The maximum absolute atomic E-state index is 12.2. The number of benzene rings is 1. The van der Waals surface area contributed by atoms with E-state index in [0.29, 0.717) is 11.1 Å². The Morgan fingerprint density at radius 2 is 1.94 bits per heavy atom. The number of hydrogen-bond donors (Lipinski definition) is 0. The zero-order valence-electron chi connectivity index (χ0n) is 9.70. The quantitative estimate of drug-likeness (QED) is 0.598. The van der Waals surface area contributed by atoms with Crippen molar-refractivity contribution in [2.24, 2.45) is 0 Å². The number of carbonyl (C=O) groups excluding carboxylic acids is 1. The highest BCUT2D eigenvalue weighted by Crippen LogP contribution is 2.18. The molecule has 1 aromatic heterocycles. The molecule has 0 saturated carbocycles. The van der Waals surface area contributed by atoms with Gasteiger partial charge in [0.25, 0.3) is 0 Å². The third-order valence-corrected chi connectivity index (χ3v) is 2.80. The van der Waals surface area contributed by atoms with E-state index in [1.54, 1.807) is 18.2 Å². The van der Waals surface area contributed by atoms with Crippen LogP contribution in [0.4, 0.5) is 0 Å². The standard InChI is InChI=1S/C14H12ClNO/c1-9-4-3-5-11(8-9)13(17)12-7-6-10(2)16-14(12)15/h3-8H,1-2H3. The summed E-state index contributed by atoms with van der Waals surface area (Å²) < 4.78 is 0. The number of nitrogens with zero attached hydrogens (tertiary/aromatic N) is 1. The minimum absolute atomic E-state index is 0.0915. The van der Waals surface area contributed by atoms with Gasteiger partial charge in [0.2, 0.25) is 0 Å². The summed E-state index contributed by atoms with van der Waals surface area (Å²) in [4.78, 5) is 16.3. The van der Waals surface area contributed by atoms with E-state index in [1.165, 1.54) is 0 Å². The van der Waals surface area contributed by atoms with Gasteiger partial charge in [0.15, 0.2) is 5.78 Å². The molecular weight excluding hydrogens is 234 g/mol. The van der Waals surface area contributed by atoms with Gasteiger partial charge in [-0.1, -0.05) is 35.4 Å². The molecule has 0 N–H and O–H groups in total. The number of ketones is 1. The Kier molecular flexibility index (Phi) is 3.25. The maximum atomic E-state index is 12.2. The summed E-state index contributed by atoms with van der Waals surface area (Å²) in [5.41, 5.74) is 2.93. The largest absolute Gasteiger partial charge is 0.288 e. The van der Waals surface area contributed by atoms with E-state index in [4.69, 9.17) is 11.6 Å². The summed E-state index contributed by atoms with van der Waals surface area (Å²) in [6.07, 6.45) is 0. The summed E-state index contributed by atoms with van der Waals surface area (Å²) in [6.45, 7) is 3.79. The van der Waals surface area contributed by atoms with Crippen LogP contribution in [-0.2, 0) is 0 Å². The van der Waals surface area contributed by atoms with E-state index in [1.807, 2.05) is 32.0 Å². The summed E-state index contributed by atoms with van der Waals surface area (Å²) in [6, 6.07) is 10.9. The lowest BCUT2D eigenvalue weighted by atomic mass is 10.0. The van der Waals surface area contributed by atoms with Gasteiger partial charge in [-0.3, -0.25) is 4.79 Å². The first-order valence-corrected chi connectivity index (χ1v) is 5.70. The topological polar surface area (TPSA) is 30.0 Å². The van der Waals surface area contributed by atoms with Crippen molar-refractivity contribution in [1.82, 2.24) is 4.98 Å². The summed E-state index contributed by atoms with van der Waals surface area (Å²) in [5, 5.41) is 0.261. The molecule has 1 heterocycles. The van der Waals surface area contributed by atoms with Crippen LogP contribution in [-0.4, -0.2) is 10.8 Å². The van der Waals surface area contributed by atoms with Crippen molar-refractivity contribution in [3.8, 4) is 0 Å². The molecule has 0 saturated heterocycles. The number of aromatic nitrogens is 1. The molecule has 2 aromatic rings. The highest BCUT2D eigenvalue weighted by atomic mass is 35.5. The Morgan fingerprint density at radius 1 is 1.18 bits per heavy atom. The van der Waals surface area contributed by atoms with E-state index >= 15 is 0 Å². The fourth-order valence-corrected chi connectivity index (χ4v) is 1.92. The van der Waals surface area contributed by atoms with Gasteiger partial charge in [-0.25, -0.2) is 4.98 Å². The van der Waals surface area contributed by atoms with Crippen LogP contribution >= 0.6 is 11.6 Å². The second-order valence-electron chi connectivity index (χ2n) is 3.99. The maximum Gasteiger partial charge on any atom is 0.196 e. The molecule has 0 atom stereocenters. The van der Waals surface area contributed by atoms with Crippen molar-refractivity contribution in [2.45, 2.75) is 13.8 Å². The first kappa shape index (κ1) is 11.8. The molecule has 0 bridgehead atoms. The Bertz CT molecular complexity index is 578. The zero-order chi connectivity index (χ0) is 12.4. The lowest BCUT2D eigenvalue weighted by Gasteiger charge is -2.04. The Hall–Kier alpha value is -1.67. The first-order valence-electron chi connectivity index (χ1n) is 5.32. The van der Waals surface area contributed by atoms with Gasteiger partial charge >= 0.3 is 0 Å². The number of carbonyl (C=O) groups is 1. The van der Waals surface area contributed by atoms with Crippen LogP contribution in [0.1, 0.15) is 27.2 Å². The van der Waals surface area contributed by atoms with Gasteiger partial charge in [-0.05, 0) is 32.0 Å². The molecule has 0 amide bonds. The number of hydrogen-bond acceptors (Lipinski definition) is 2. The van der Waals surface area contributed by atoms with E-state index in [-0.39, 0.29) is 10.9 Å². The van der Waals surface area contributed by atoms with Gasteiger partial charge in [0.05, 0.1) is 5.56 Å². The number of halogens is 1. The van der Waals surface area contributed by atoms with Gasteiger partial charge in [0.1, 0.15) is 5.15 Å². The van der Waals surface area contributed by atoms with Crippen LogP contribution in [0.2, 0.25) is 5.15 Å². The molecule has 3 heteroatoms. The SMILES string of the molecule is Cc1cccc(C(=O)c2ccc(C)nc2Cl)c1. The predicted molar refractivity (Wildman–Crippen MR) is 68.6 cm³/mol. The molecule has 0 fully saturated rings. The van der Waals surface area contributed by atoms with Crippen LogP contribution in [0.25, 0.3) is 0 Å². The smallest absolute Gasteiger partial charge is 0.196 e. The second kappa shape index (κ2) is 4.68. The minimum atomic E-state index is -0.0915. The van der Waals surface area contributed by atoms with Crippen molar-refractivity contribution in [3.63, 3.8) is 0 Å². The number of pyridine rings is 1. The lowest BCUT2D eigenvalue weighted by Crippen LogP contribution is -2.04. The molecule has 17 heavy (non-hydrogen) atoms. The van der Waals surface area contributed by atoms with Crippen LogP contribution in [0.5, 0.6) is 0 Å². The zero-order valence-corrected chi connectivity index (χ0v) is 10.5. The van der Waals surface area contributed by atoms with Crippen molar-refractivity contribution in [2.75, 3.05) is 0 Å². The Labute approximate surface area is 105 Å². The average molecular weight is 246 g/mol.